The summed E-state index contributed by atoms with van der Waals surface area (Å²) in [5, 5.41) is 10.7. The number of nitrogens with zero attached hydrogens (tertiary/aromatic N) is 3. The summed E-state index contributed by atoms with van der Waals surface area (Å²) in [6, 6.07) is 0. The Morgan fingerprint density at radius 2 is 2.42 bits per heavy atom. The van der Waals surface area contributed by atoms with E-state index in [1.807, 2.05) is 0 Å². The highest BCUT2D eigenvalue weighted by Gasteiger charge is 2.19. The first-order chi connectivity index (χ1) is 5.86. The fourth-order valence-electron chi connectivity index (χ4n) is 1.80. The predicted octanol–water partition coefficient (Wildman–Crippen LogP) is 2.75. The maximum atomic E-state index is 8.13. The third-order valence-electron chi connectivity index (χ3n) is 2.46. The van der Waals surface area contributed by atoms with Crippen molar-refractivity contribution in [3.63, 3.8) is 0 Å². The summed E-state index contributed by atoms with van der Waals surface area (Å²) in [5.74, 6) is 0.943. The maximum absolute atomic E-state index is 8.13. The molecule has 0 bridgehead atoms. The Hall–Kier alpha value is -1.02. The van der Waals surface area contributed by atoms with Gasteiger partial charge < -0.3 is 5.41 Å². The smallest absolute Gasteiger partial charge is 0.0286 e. The van der Waals surface area contributed by atoms with E-state index in [4.69, 9.17) is 10.9 Å². The van der Waals surface area contributed by atoms with Gasteiger partial charge in [0.2, 0.25) is 0 Å². The number of azide groups is 1. The van der Waals surface area contributed by atoms with Crippen LogP contribution in [0.5, 0.6) is 0 Å². The summed E-state index contributed by atoms with van der Waals surface area (Å²) in [7, 11) is 0. The molecule has 2 unspecified atom stereocenters. The van der Waals surface area contributed by atoms with Crippen molar-refractivity contribution >= 4 is 6.21 Å². The van der Waals surface area contributed by atoms with Crippen LogP contribution in [0.25, 0.3) is 10.4 Å². The van der Waals surface area contributed by atoms with Crippen molar-refractivity contribution in [2.75, 3.05) is 6.54 Å². The molecule has 0 aromatic heterocycles. The van der Waals surface area contributed by atoms with Gasteiger partial charge in [-0.3, -0.25) is 0 Å². The Morgan fingerprint density at radius 1 is 1.58 bits per heavy atom. The normalized spacial score (nSPS) is 29.0. The van der Waals surface area contributed by atoms with Gasteiger partial charge in [-0.25, -0.2) is 0 Å². The standard InChI is InChI=1S/C8H14N4/c9-5-7-2-1-3-8(4-7)6-11-12-10/h5,7-9H,1-4,6H2. The van der Waals surface area contributed by atoms with E-state index in [1.54, 1.807) is 0 Å². The lowest BCUT2D eigenvalue weighted by molar-refractivity contribution is 0.327. The van der Waals surface area contributed by atoms with Crippen molar-refractivity contribution in [1.29, 1.82) is 5.41 Å². The molecule has 1 aliphatic carbocycles. The highest BCUT2D eigenvalue weighted by atomic mass is 15.1. The van der Waals surface area contributed by atoms with Crippen LogP contribution < -0.4 is 0 Å². The maximum Gasteiger partial charge on any atom is 0.0286 e. The van der Waals surface area contributed by atoms with E-state index in [0.717, 1.165) is 19.3 Å². The van der Waals surface area contributed by atoms with E-state index >= 15 is 0 Å². The molecule has 0 aromatic carbocycles. The molecule has 66 valence electrons. The molecule has 0 saturated heterocycles. The van der Waals surface area contributed by atoms with Crippen LogP contribution in [-0.2, 0) is 0 Å². The lowest BCUT2D eigenvalue weighted by Gasteiger charge is -2.24. The third-order valence-corrected chi connectivity index (χ3v) is 2.46. The molecule has 1 rings (SSSR count). The van der Waals surface area contributed by atoms with Gasteiger partial charge in [0, 0.05) is 11.5 Å². The second-order valence-electron chi connectivity index (χ2n) is 3.37. The van der Waals surface area contributed by atoms with Crippen LogP contribution in [0, 0.1) is 17.2 Å². The highest BCUT2D eigenvalue weighted by Crippen LogP contribution is 2.27. The molecule has 1 saturated carbocycles. The Balaban J connectivity index is 2.34. The zero-order chi connectivity index (χ0) is 8.81. The van der Waals surface area contributed by atoms with Crippen LogP contribution in [0.3, 0.4) is 0 Å². The van der Waals surface area contributed by atoms with Crippen molar-refractivity contribution < 1.29 is 0 Å². The van der Waals surface area contributed by atoms with E-state index in [1.165, 1.54) is 12.6 Å². The fraction of sp³-hybridized carbons (Fsp3) is 0.875. The van der Waals surface area contributed by atoms with Gasteiger partial charge in [0.15, 0.2) is 0 Å². The van der Waals surface area contributed by atoms with E-state index in [2.05, 4.69) is 10.0 Å². The average Bonchev–Trinajstić information content (AvgIpc) is 2.15. The van der Waals surface area contributed by atoms with Crippen molar-refractivity contribution in [3.05, 3.63) is 10.4 Å². The molecule has 4 nitrogen and oxygen atoms in total. The second kappa shape index (κ2) is 4.78. The average molecular weight is 166 g/mol. The summed E-state index contributed by atoms with van der Waals surface area (Å²) in [6.07, 6.45) is 6.02. The van der Waals surface area contributed by atoms with E-state index in [0.29, 0.717) is 18.4 Å². The van der Waals surface area contributed by atoms with Crippen molar-refractivity contribution in [2.24, 2.45) is 17.0 Å². The summed E-state index contributed by atoms with van der Waals surface area (Å²) in [6.45, 7) is 0.612. The SMILES string of the molecule is [N-]=[N+]=NCC1CCCC(C=N)C1. The lowest BCUT2D eigenvalue weighted by atomic mass is 9.82. The number of rotatable bonds is 3. The minimum Gasteiger partial charge on any atom is -0.313 e. The lowest BCUT2D eigenvalue weighted by Crippen LogP contribution is -2.18. The molecular formula is C8H14N4. The Labute approximate surface area is 72.1 Å². The van der Waals surface area contributed by atoms with E-state index in [-0.39, 0.29) is 0 Å². The number of hydrogen-bond acceptors (Lipinski definition) is 2. The molecule has 0 aromatic rings. The fourth-order valence-corrected chi connectivity index (χ4v) is 1.80. The molecule has 0 heterocycles. The first-order valence-corrected chi connectivity index (χ1v) is 4.38. The monoisotopic (exact) mass is 166 g/mol. The van der Waals surface area contributed by atoms with Gasteiger partial charge in [-0.1, -0.05) is 18.0 Å². The molecule has 4 heteroatoms. The van der Waals surface area contributed by atoms with Gasteiger partial charge in [0.05, 0.1) is 0 Å². The molecule has 1 fully saturated rings. The molecule has 1 N–H and O–H groups in total. The molecule has 0 aliphatic heterocycles. The topological polar surface area (TPSA) is 72.6 Å². The number of hydrogen-bond donors (Lipinski definition) is 1. The molecule has 0 radical (unpaired) electrons. The number of nitrogens with one attached hydrogen (secondary N) is 1. The van der Waals surface area contributed by atoms with Crippen LogP contribution in [0.2, 0.25) is 0 Å². The van der Waals surface area contributed by atoms with Crippen LogP contribution in [0.1, 0.15) is 25.7 Å². The molecule has 0 spiro atoms. The van der Waals surface area contributed by atoms with Crippen LogP contribution in [0.4, 0.5) is 0 Å². The first kappa shape index (κ1) is 9.07. The zero-order valence-electron chi connectivity index (χ0n) is 7.11. The largest absolute Gasteiger partial charge is 0.313 e. The van der Waals surface area contributed by atoms with Crippen LogP contribution >= 0.6 is 0 Å². The van der Waals surface area contributed by atoms with Gasteiger partial charge in [-0.2, -0.15) is 0 Å². The first-order valence-electron chi connectivity index (χ1n) is 4.38. The minimum absolute atomic E-state index is 0.428. The van der Waals surface area contributed by atoms with Gasteiger partial charge in [0.1, 0.15) is 0 Å². The minimum atomic E-state index is 0.428. The summed E-state index contributed by atoms with van der Waals surface area (Å²) >= 11 is 0. The van der Waals surface area contributed by atoms with Crippen molar-refractivity contribution in [1.82, 2.24) is 0 Å². The molecule has 2 atom stereocenters. The third kappa shape index (κ3) is 2.55. The van der Waals surface area contributed by atoms with Crippen LogP contribution in [0.15, 0.2) is 5.11 Å². The van der Waals surface area contributed by atoms with Crippen molar-refractivity contribution in [2.45, 2.75) is 25.7 Å². The van der Waals surface area contributed by atoms with Gasteiger partial charge >= 0.3 is 0 Å². The van der Waals surface area contributed by atoms with Gasteiger partial charge in [0.25, 0.3) is 0 Å². The Morgan fingerprint density at radius 3 is 3.08 bits per heavy atom. The molecular weight excluding hydrogens is 152 g/mol. The molecule has 0 amide bonds. The molecule has 12 heavy (non-hydrogen) atoms. The summed E-state index contributed by atoms with van der Waals surface area (Å²) in [4.78, 5) is 2.75. The predicted molar refractivity (Wildman–Crippen MR) is 48.2 cm³/mol. The summed E-state index contributed by atoms with van der Waals surface area (Å²) in [5.41, 5.74) is 8.13. The van der Waals surface area contributed by atoms with Crippen molar-refractivity contribution in [3.8, 4) is 0 Å². The molecule has 1 aliphatic rings. The van der Waals surface area contributed by atoms with Gasteiger partial charge in [-0.15, -0.1) is 0 Å². The van der Waals surface area contributed by atoms with Gasteiger partial charge in [-0.05, 0) is 36.4 Å². The van der Waals surface area contributed by atoms with E-state index in [9.17, 15) is 0 Å². The Kier molecular flexibility index (Phi) is 3.61. The highest BCUT2D eigenvalue weighted by molar-refractivity contribution is 5.56. The second-order valence-corrected chi connectivity index (χ2v) is 3.37. The van der Waals surface area contributed by atoms with Crippen LogP contribution in [-0.4, -0.2) is 12.8 Å². The summed E-state index contributed by atoms with van der Waals surface area (Å²) < 4.78 is 0. The quantitative estimate of drug-likeness (QED) is 0.290. The van der Waals surface area contributed by atoms with E-state index < -0.39 is 0 Å². The Bertz CT molecular complexity index is 195. The zero-order valence-corrected chi connectivity index (χ0v) is 7.11.